The summed E-state index contributed by atoms with van der Waals surface area (Å²) >= 11 is 17.0. The number of benzene rings is 1. The summed E-state index contributed by atoms with van der Waals surface area (Å²) in [6.07, 6.45) is 0. The monoisotopic (exact) mass is 349 g/mol. The van der Waals surface area contributed by atoms with Gasteiger partial charge in [-0.2, -0.15) is 0 Å². The zero-order valence-electron chi connectivity index (χ0n) is 9.01. The topological polar surface area (TPSA) is 26.0 Å². The highest BCUT2D eigenvalue weighted by Gasteiger charge is 2.14. The molecule has 2 aromatic rings. The zero-order valence-corrected chi connectivity index (χ0v) is 12.9. The molecule has 5 heteroatoms. The minimum absolute atomic E-state index is 0.193. The SMILES string of the molecule is Cc1ccc(C(N)c2cc(Cl)c(Br)s2)cc1Cl. The average molecular weight is 351 g/mol. The Bertz CT molecular complexity index is 534. The van der Waals surface area contributed by atoms with Crippen molar-refractivity contribution in [3.63, 3.8) is 0 Å². The van der Waals surface area contributed by atoms with Crippen LogP contribution in [-0.4, -0.2) is 0 Å². The van der Waals surface area contributed by atoms with Gasteiger partial charge in [0.05, 0.1) is 14.9 Å². The van der Waals surface area contributed by atoms with Crippen molar-refractivity contribution in [1.82, 2.24) is 0 Å². The standard InChI is InChI=1S/C12H10BrCl2NS/c1-6-2-3-7(4-8(6)14)11(16)10-5-9(15)12(13)17-10/h2-5,11H,16H2,1H3. The zero-order chi connectivity index (χ0) is 12.6. The van der Waals surface area contributed by atoms with E-state index in [1.807, 2.05) is 31.2 Å². The van der Waals surface area contributed by atoms with Gasteiger partial charge in [-0.05, 0) is 46.1 Å². The van der Waals surface area contributed by atoms with E-state index < -0.39 is 0 Å². The maximum atomic E-state index is 6.19. The number of nitrogens with two attached hydrogens (primary N) is 1. The molecular formula is C12H10BrCl2NS. The van der Waals surface area contributed by atoms with Crippen LogP contribution >= 0.6 is 50.5 Å². The molecular weight excluding hydrogens is 341 g/mol. The lowest BCUT2D eigenvalue weighted by Crippen LogP contribution is -2.10. The fourth-order valence-electron chi connectivity index (χ4n) is 1.48. The van der Waals surface area contributed by atoms with E-state index in [1.54, 1.807) is 11.3 Å². The fraction of sp³-hybridized carbons (Fsp3) is 0.167. The Kier molecular flexibility index (Phi) is 4.16. The van der Waals surface area contributed by atoms with E-state index in [0.717, 1.165) is 24.8 Å². The summed E-state index contributed by atoms with van der Waals surface area (Å²) in [5.74, 6) is 0. The average Bonchev–Trinajstić information content (AvgIpc) is 2.62. The van der Waals surface area contributed by atoms with Gasteiger partial charge in [-0.25, -0.2) is 0 Å². The highest BCUT2D eigenvalue weighted by molar-refractivity contribution is 9.11. The van der Waals surface area contributed by atoms with Crippen LogP contribution < -0.4 is 5.73 Å². The van der Waals surface area contributed by atoms with Gasteiger partial charge >= 0.3 is 0 Å². The molecule has 1 unspecified atom stereocenters. The van der Waals surface area contributed by atoms with Crippen LogP contribution in [0.15, 0.2) is 28.1 Å². The fourth-order valence-corrected chi connectivity index (χ4v) is 3.45. The van der Waals surface area contributed by atoms with E-state index in [2.05, 4.69) is 15.9 Å². The third kappa shape index (κ3) is 2.85. The molecule has 17 heavy (non-hydrogen) atoms. The second-order valence-corrected chi connectivity index (χ2v) is 6.97. The van der Waals surface area contributed by atoms with Crippen molar-refractivity contribution in [1.29, 1.82) is 0 Å². The molecule has 1 nitrogen and oxygen atoms in total. The molecule has 0 spiro atoms. The molecule has 1 aromatic carbocycles. The number of halogens is 3. The molecule has 1 aromatic heterocycles. The Morgan fingerprint density at radius 3 is 2.47 bits per heavy atom. The summed E-state index contributed by atoms with van der Waals surface area (Å²) in [6, 6.07) is 7.56. The quantitative estimate of drug-likeness (QED) is 0.793. The first-order valence-electron chi connectivity index (χ1n) is 4.95. The summed E-state index contributed by atoms with van der Waals surface area (Å²) in [5, 5.41) is 1.43. The van der Waals surface area contributed by atoms with Crippen LogP contribution in [0.3, 0.4) is 0 Å². The van der Waals surface area contributed by atoms with Crippen molar-refractivity contribution >= 4 is 50.5 Å². The van der Waals surface area contributed by atoms with Crippen molar-refractivity contribution in [2.45, 2.75) is 13.0 Å². The van der Waals surface area contributed by atoms with E-state index >= 15 is 0 Å². The first kappa shape index (κ1) is 13.4. The third-order valence-electron chi connectivity index (χ3n) is 2.53. The molecule has 1 heterocycles. The summed E-state index contributed by atoms with van der Waals surface area (Å²) in [7, 11) is 0. The summed E-state index contributed by atoms with van der Waals surface area (Å²) in [4.78, 5) is 1.02. The van der Waals surface area contributed by atoms with Crippen molar-refractivity contribution in [2.24, 2.45) is 5.73 Å². The highest BCUT2D eigenvalue weighted by Crippen LogP contribution is 2.37. The molecule has 0 amide bonds. The second-order valence-electron chi connectivity index (χ2n) is 3.76. The van der Waals surface area contributed by atoms with Crippen molar-refractivity contribution in [2.75, 3.05) is 0 Å². The van der Waals surface area contributed by atoms with Crippen LogP contribution in [0.5, 0.6) is 0 Å². The predicted molar refractivity (Wildman–Crippen MR) is 79.2 cm³/mol. The van der Waals surface area contributed by atoms with Gasteiger partial charge in [0.15, 0.2) is 0 Å². The van der Waals surface area contributed by atoms with Crippen LogP contribution in [-0.2, 0) is 0 Å². The van der Waals surface area contributed by atoms with E-state index in [1.165, 1.54) is 0 Å². The Balaban J connectivity index is 2.36. The Labute approximate surface area is 123 Å². The highest BCUT2D eigenvalue weighted by atomic mass is 79.9. The molecule has 0 aliphatic heterocycles. The Morgan fingerprint density at radius 1 is 1.24 bits per heavy atom. The number of rotatable bonds is 2. The predicted octanol–water partition coefficient (Wildman–Crippen LogP) is 5.17. The molecule has 0 saturated heterocycles. The number of aryl methyl sites for hydroxylation is 1. The van der Waals surface area contributed by atoms with Gasteiger partial charge in [0.1, 0.15) is 0 Å². The van der Waals surface area contributed by atoms with Crippen LogP contribution in [0.2, 0.25) is 10.0 Å². The third-order valence-corrected chi connectivity index (χ3v) is 5.49. The number of hydrogen-bond donors (Lipinski definition) is 1. The lowest BCUT2D eigenvalue weighted by atomic mass is 10.0. The first-order valence-corrected chi connectivity index (χ1v) is 7.32. The molecule has 2 N–H and O–H groups in total. The van der Waals surface area contributed by atoms with Gasteiger partial charge < -0.3 is 5.73 Å². The number of hydrogen-bond acceptors (Lipinski definition) is 2. The van der Waals surface area contributed by atoms with Gasteiger partial charge in [0.25, 0.3) is 0 Å². The molecule has 0 saturated carbocycles. The van der Waals surface area contributed by atoms with Crippen molar-refractivity contribution in [3.8, 4) is 0 Å². The molecule has 0 fully saturated rings. The Morgan fingerprint density at radius 2 is 1.94 bits per heavy atom. The van der Waals surface area contributed by atoms with Gasteiger partial charge in [-0.3, -0.25) is 0 Å². The van der Waals surface area contributed by atoms with E-state index in [9.17, 15) is 0 Å². The minimum Gasteiger partial charge on any atom is -0.320 e. The van der Waals surface area contributed by atoms with Gasteiger partial charge in [-0.15, -0.1) is 11.3 Å². The summed E-state index contributed by atoms with van der Waals surface area (Å²) in [5.41, 5.74) is 8.23. The van der Waals surface area contributed by atoms with E-state index in [-0.39, 0.29) is 6.04 Å². The maximum absolute atomic E-state index is 6.19. The normalized spacial score (nSPS) is 12.8. The summed E-state index contributed by atoms with van der Waals surface area (Å²) in [6.45, 7) is 1.97. The largest absolute Gasteiger partial charge is 0.320 e. The summed E-state index contributed by atoms with van der Waals surface area (Å²) < 4.78 is 0.905. The second kappa shape index (κ2) is 5.29. The molecule has 0 radical (unpaired) electrons. The molecule has 0 aliphatic carbocycles. The molecule has 0 aliphatic rings. The lowest BCUT2D eigenvalue weighted by molar-refractivity contribution is 0.893. The molecule has 90 valence electrons. The van der Waals surface area contributed by atoms with Crippen LogP contribution in [0, 0.1) is 6.92 Å². The smallest absolute Gasteiger partial charge is 0.0888 e. The minimum atomic E-state index is -0.193. The maximum Gasteiger partial charge on any atom is 0.0888 e. The van der Waals surface area contributed by atoms with Crippen molar-refractivity contribution in [3.05, 3.63) is 54.1 Å². The van der Waals surface area contributed by atoms with Crippen LogP contribution in [0.25, 0.3) is 0 Å². The lowest BCUT2D eigenvalue weighted by Gasteiger charge is -2.11. The number of thiophene rings is 1. The molecule has 1 atom stereocenters. The van der Waals surface area contributed by atoms with Crippen LogP contribution in [0.1, 0.15) is 22.0 Å². The van der Waals surface area contributed by atoms with Gasteiger partial charge in [0, 0.05) is 9.90 Å². The van der Waals surface area contributed by atoms with E-state index in [0.29, 0.717) is 5.02 Å². The van der Waals surface area contributed by atoms with E-state index in [4.69, 9.17) is 28.9 Å². The molecule has 0 bridgehead atoms. The Hall–Kier alpha value is -0.0600. The van der Waals surface area contributed by atoms with Gasteiger partial charge in [-0.1, -0.05) is 35.3 Å². The van der Waals surface area contributed by atoms with Crippen molar-refractivity contribution < 1.29 is 0 Å². The molecule has 2 rings (SSSR count). The van der Waals surface area contributed by atoms with Gasteiger partial charge in [0.2, 0.25) is 0 Å². The first-order chi connectivity index (χ1) is 7.99. The van der Waals surface area contributed by atoms with Crippen LogP contribution in [0.4, 0.5) is 0 Å².